The van der Waals surface area contributed by atoms with Gasteiger partial charge >= 0.3 is 6.09 Å². The van der Waals surface area contributed by atoms with Crippen LogP contribution in [0, 0.1) is 29.2 Å². The number of carbonyl (C=O) groups excluding carboxylic acids is 9. The first kappa shape index (κ1) is 107. The predicted molar refractivity (Wildman–Crippen MR) is 548 cm³/mol. The van der Waals surface area contributed by atoms with Crippen LogP contribution in [0.4, 0.5) is 22.4 Å². The van der Waals surface area contributed by atoms with Crippen LogP contribution in [0.3, 0.4) is 0 Å². The molecule has 1 saturated carbocycles. The van der Waals surface area contributed by atoms with E-state index in [2.05, 4.69) is 80.3 Å². The summed E-state index contributed by atoms with van der Waals surface area (Å²) >= 11 is 0. The smallest absolute Gasteiger partial charge is 0.408 e. The highest BCUT2D eigenvalue weighted by Gasteiger charge is 2.55. The van der Waals surface area contributed by atoms with Crippen LogP contribution in [-0.2, 0) is 28.7 Å². The minimum absolute atomic E-state index is 0.0338. The Labute approximate surface area is 853 Å². The van der Waals surface area contributed by atoms with Crippen molar-refractivity contribution in [2.24, 2.45) is 5.92 Å². The molecule has 6 atom stereocenters. The topological polar surface area (TPSA) is 351 Å². The third kappa shape index (κ3) is 25.1. The third-order valence-electron chi connectivity index (χ3n) is 28.0. The monoisotopic (exact) mass is 2020 g/mol. The second-order valence-corrected chi connectivity index (χ2v) is 42.1. The van der Waals surface area contributed by atoms with Crippen LogP contribution >= 0.6 is 0 Å². The summed E-state index contributed by atoms with van der Waals surface area (Å²) in [6.45, 7) is 41.7. The first-order valence-corrected chi connectivity index (χ1v) is 51.2. The molecule has 6 fully saturated rings. The third-order valence-corrected chi connectivity index (χ3v) is 28.0. The van der Waals surface area contributed by atoms with E-state index in [1.165, 1.54) is 48.5 Å². The molecule has 2 N–H and O–H groups in total. The number of alkyl carbamates (subject to hydrolysis) is 1. The number of nitrogens with zero attached hydrogens (tertiary/aromatic N) is 20. The van der Waals surface area contributed by atoms with Crippen molar-refractivity contribution >= 4 is 75.9 Å². The van der Waals surface area contributed by atoms with Crippen molar-refractivity contribution in [1.29, 1.82) is 0 Å². The Morgan fingerprint density at radius 3 is 1.00 bits per heavy atom. The number of piperazine rings is 4. The van der Waals surface area contributed by atoms with E-state index in [0.717, 1.165) is 70.4 Å². The number of benzene rings is 4. The average molecular weight is 2020 g/mol. The fraction of sp³-hybridized carbons (Fsp3) is 0.482. The van der Waals surface area contributed by atoms with Gasteiger partial charge in [0.15, 0.2) is 22.6 Å². The number of unbranched alkanes of at least 4 members (excludes halogenated alkanes) is 1. The lowest BCUT2D eigenvalue weighted by Crippen LogP contribution is -2.60. The molecule has 37 heteroatoms. The van der Waals surface area contributed by atoms with E-state index >= 15 is 0 Å². The molecule has 12 aromatic rings. The number of imidazole rings is 4. The molecular formula is C110H135F4N21O12. The summed E-state index contributed by atoms with van der Waals surface area (Å²) in [6.07, 6.45) is 11.5. The normalized spacial score (nSPS) is 18.4. The fourth-order valence-electron chi connectivity index (χ4n) is 19.2. The van der Waals surface area contributed by atoms with Gasteiger partial charge in [0.05, 0.1) is 59.6 Å². The summed E-state index contributed by atoms with van der Waals surface area (Å²) in [4.78, 5) is 150. The number of hydrogen-bond acceptors (Lipinski definition) is 20. The van der Waals surface area contributed by atoms with Crippen molar-refractivity contribution in [2.45, 2.75) is 247 Å². The summed E-state index contributed by atoms with van der Waals surface area (Å²) in [5.41, 5.74) is 10.7. The second kappa shape index (κ2) is 45.2. The minimum atomic E-state index is -1.03. The lowest BCUT2D eigenvalue weighted by atomic mass is 9.97. The number of nitrogens with one attached hydrogen (secondary N) is 1. The van der Waals surface area contributed by atoms with Gasteiger partial charge in [-0.3, -0.25) is 38.4 Å². The number of halogens is 4. The Balaban J connectivity index is 0.000000147. The van der Waals surface area contributed by atoms with E-state index < -0.39 is 22.8 Å². The van der Waals surface area contributed by atoms with Gasteiger partial charge in [-0.25, -0.2) is 60.4 Å². The molecule has 13 heterocycles. The largest absolute Gasteiger partial charge is 0.444 e. The van der Waals surface area contributed by atoms with Gasteiger partial charge in [0.2, 0.25) is 23.6 Å². The molecule has 5 saturated heterocycles. The standard InChI is InChI=1S/C30H37FN6O4.C27H32FN5O3.C27H34FN5O3.C26H32FN5O2/c1-18(2)22-15-23(20-7-9-21(31)10-8-20)34-37-17-24(32-25(22)37)26(38)35-13-14-36(19(3)16-35)27(39)30(11-12-30)33-28(40)41-29(4,5)6;1-17(2)22-13-23(20-4-6-21(28)7-5-20)30-33-15-24(29-26(22)33)27(35)31-9-10-32(18(3)14-31)25(34)12-19-8-11-36-16-19;1-6-27(5,36)14-24(34)32-12-11-31(15-18(32)4)26(35)23-16-33-25(29-23)21(17(2)3)13-22(30-33)19-7-9-20(28)10-8-19;1-5-6-7-24(33)31-13-12-30(15-18(31)4)26(34)23-16-32-25(28-23)21(17(2)3)14-22(29-32)19-8-10-20(27)11-9-19/h7-10,15,17-19H,11-14,16H2,1-6H3,(H,33,40);4-7,13,15,17-19H,8-12,14,16H2,1-3H3;7-10,13,16-18,36H,6,11-12,14-15H2,1-5H3;8-11,14,16-18H,5-7,12-13,15H2,1-4H3/t19-;18-,19?;18-,27?;18-/m0000/s1. The highest BCUT2D eigenvalue weighted by Crippen LogP contribution is 2.40. The average Bonchev–Trinajstić information content (AvgIpc) is 1.61. The van der Waals surface area contributed by atoms with Crippen LogP contribution in [0.5, 0.6) is 0 Å². The number of carbonyl (C=O) groups is 9. The molecule has 0 bridgehead atoms. The van der Waals surface area contributed by atoms with Crippen molar-refractivity contribution in [3.63, 3.8) is 0 Å². The summed E-state index contributed by atoms with van der Waals surface area (Å²) in [6, 6.07) is 32.0. The molecule has 0 spiro atoms. The van der Waals surface area contributed by atoms with Gasteiger partial charge in [0, 0.05) is 173 Å². The van der Waals surface area contributed by atoms with Crippen molar-refractivity contribution in [3.8, 4) is 45.0 Å². The minimum Gasteiger partial charge on any atom is -0.444 e. The molecule has 4 aromatic carbocycles. The molecular weight excluding hydrogens is 1880 g/mol. The van der Waals surface area contributed by atoms with Crippen molar-refractivity contribution < 1.29 is 75.3 Å². The molecule has 8 aromatic heterocycles. The summed E-state index contributed by atoms with van der Waals surface area (Å²) in [5, 5.41) is 31.7. The number of amides is 9. The molecule has 1 aliphatic carbocycles. The van der Waals surface area contributed by atoms with Crippen LogP contribution in [0.25, 0.3) is 67.6 Å². The number of ether oxygens (including phenoxy) is 2. The first-order chi connectivity index (χ1) is 69.8. The van der Waals surface area contributed by atoms with Crippen molar-refractivity contribution in [1.82, 2.24) is 103 Å². The van der Waals surface area contributed by atoms with Gasteiger partial charge in [0.1, 0.15) is 57.2 Å². The molecule has 147 heavy (non-hydrogen) atoms. The number of rotatable bonds is 22. The Kier molecular flexibility index (Phi) is 33.0. The Morgan fingerprint density at radius 1 is 0.435 bits per heavy atom. The Hall–Kier alpha value is -14.0. The summed E-state index contributed by atoms with van der Waals surface area (Å²) in [7, 11) is 0. The van der Waals surface area contributed by atoms with E-state index in [1.54, 1.807) is 148 Å². The van der Waals surface area contributed by atoms with Gasteiger partial charge in [-0.05, 0) is 238 Å². The number of aliphatic hydroxyl groups is 1. The lowest BCUT2D eigenvalue weighted by Gasteiger charge is -2.41. The molecule has 18 rings (SSSR count). The first-order valence-electron chi connectivity index (χ1n) is 51.2. The van der Waals surface area contributed by atoms with E-state index in [0.29, 0.717) is 186 Å². The van der Waals surface area contributed by atoms with E-state index in [1.807, 2.05) is 96.4 Å². The summed E-state index contributed by atoms with van der Waals surface area (Å²) < 4.78 is 71.0. The summed E-state index contributed by atoms with van der Waals surface area (Å²) in [5.74, 6) is -1.10. The highest BCUT2D eigenvalue weighted by atomic mass is 19.1. The maximum atomic E-state index is 13.6. The van der Waals surface area contributed by atoms with Crippen LogP contribution in [0.15, 0.2) is 146 Å². The second-order valence-electron chi connectivity index (χ2n) is 42.1. The molecule has 5 aliphatic heterocycles. The molecule has 0 radical (unpaired) electrons. The Morgan fingerprint density at radius 2 is 0.735 bits per heavy atom. The number of aromatic nitrogens is 12. The van der Waals surface area contributed by atoms with Gasteiger partial charge in [0.25, 0.3) is 23.6 Å². The molecule has 2 unspecified atom stereocenters. The zero-order chi connectivity index (χ0) is 106. The van der Waals surface area contributed by atoms with E-state index in [-0.39, 0.29) is 130 Å². The lowest BCUT2D eigenvalue weighted by molar-refractivity contribution is -0.140. The van der Waals surface area contributed by atoms with Crippen LogP contribution < -0.4 is 5.32 Å². The van der Waals surface area contributed by atoms with Crippen LogP contribution in [0.2, 0.25) is 0 Å². The zero-order valence-corrected chi connectivity index (χ0v) is 87.2. The molecule has 780 valence electrons. The predicted octanol–water partition coefficient (Wildman–Crippen LogP) is 16.6. The fourth-order valence-corrected chi connectivity index (χ4v) is 19.2. The number of hydrogen-bond donors (Lipinski definition) is 2. The van der Waals surface area contributed by atoms with Crippen LogP contribution in [0.1, 0.15) is 270 Å². The SMILES string of the molecule is CC(C)c1cc(-c2ccc(F)cc2)nn2cc(C(=O)N3CCN(C(=O)C4(NC(=O)OC(C)(C)C)CC4)[C@@H](C)C3)nc12.CC(C)c1cc(-c2ccc(F)cc2)nn2cc(C(=O)N3CCN(C(=O)CC4CCOC4)[C@@H](C)C3)nc12.CCC(C)(O)CC(=O)N1CCN(C(=O)c2cn3nc(-c4ccc(F)cc4)cc(C(C)C)c3n2)C[C@@H]1C.CCCCC(=O)N1CCN(C(=O)c2cn3nc(-c4ccc(F)cc4)cc(C(C)C)c3n2)C[C@@H]1C. The zero-order valence-electron chi connectivity index (χ0n) is 87.2. The van der Waals surface area contributed by atoms with Gasteiger partial charge in [-0.15, -0.1) is 0 Å². The van der Waals surface area contributed by atoms with Crippen LogP contribution in [-0.4, -0.2) is 289 Å². The highest BCUT2D eigenvalue weighted by molar-refractivity contribution is 5.97. The van der Waals surface area contributed by atoms with E-state index in [4.69, 9.17) is 9.47 Å². The van der Waals surface area contributed by atoms with Gasteiger partial charge < -0.3 is 59.1 Å². The maximum absolute atomic E-state index is 13.6. The molecule has 33 nitrogen and oxygen atoms in total. The van der Waals surface area contributed by atoms with Gasteiger partial charge in [-0.2, -0.15) is 20.4 Å². The number of fused-ring (bicyclic) bond motifs is 4. The van der Waals surface area contributed by atoms with Gasteiger partial charge in [-0.1, -0.05) is 75.7 Å². The van der Waals surface area contributed by atoms with E-state index in [9.17, 15) is 65.8 Å². The Bertz CT molecular complexity index is 6830. The van der Waals surface area contributed by atoms with Crippen molar-refractivity contribution in [3.05, 3.63) is 214 Å². The quantitative estimate of drug-likeness (QED) is 0.0595. The maximum Gasteiger partial charge on any atom is 0.408 e. The molecule has 9 amide bonds. The van der Waals surface area contributed by atoms with Crippen molar-refractivity contribution in [2.75, 3.05) is 91.8 Å². The molecule has 6 aliphatic rings.